The first-order valence-electron chi connectivity index (χ1n) is 10.7. The molecule has 1 aromatic carbocycles. The van der Waals surface area contributed by atoms with Crippen LogP contribution in [0.1, 0.15) is 35.7 Å². The van der Waals surface area contributed by atoms with Crippen LogP contribution < -0.4 is 10.6 Å². The van der Waals surface area contributed by atoms with Crippen molar-refractivity contribution in [3.63, 3.8) is 0 Å². The van der Waals surface area contributed by atoms with Crippen molar-refractivity contribution in [2.24, 2.45) is 16.8 Å². The molecule has 170 valence electrons. The van der Waals surface area contributed by atoms with E-state index in [4.69, 9.17) is 0 Å². The van der Waals surface area contributed by atoms with E-state index in [1.807, 2.05) is 29.3 Å². The first-order chi connectivity index (χ1) is 14.5. The normalized spacial score (nSPS) is 16.5. The van der Waals surface area contributed by atoms with Crippen LogP contribution >= 0.6 is 35.3 Å². The summed E-state index contributed by atoms with van der Waals surface area (Å²) in [5.41, 5.74) is 1.27. The van der Waals surface area contributed by atoms with Gasteiger partial charge in [0, 0.05) is 56.5 Å². The zero-order valence-corrected chi connectivity index (χ0v) is 21.8. The lowest BCUT2D eigenvalue weighted by Crippen LogP contribution is -2.39. The van der Waals surface area contributed by atoms with Crippen molar-refractivity contribution < 1.29 is 4.79 Å². The standard InChI is InChI=1S/C23H33N5OS.HI/c1-17(2)11-21-25-14-20(30-21)15-27-23(24-3)26-13-19-12-22(29)28(16-19)10-9-18-7-5-4-6-8-18;/h4-8,14,17,19H,9-13,15-16H2,1-3H3,(H2,24,26,27);1H. The number of aromatic nitrogens is 1. The molecule has 2 heterocycles. The largest absolute Gasteiger partial charge is 0.356 e. The molecule has 31 heavy (non-hydrogen) atoms. The second-order valence-electron chi connectivity index (χ2n) is 8.27. The molecule has 2 aromatic rings. The number of thiazole rings is 1. The first kappa shape index (κ1) is 25.6. The number of hydrogen-bond donors (Lipinski definition) is 2. The van der Waals surface area contributed by atoms with Crippen LogP contribution in [0.15, 0.2) is 41.5 Å². The van der Waals surface area contributed by atoms with Gasteiger partial charge in [0.15, 0.2) is 5.96 Å². The van der Waals surface area contributed by atoms with Crippen LogP contribution in [0.25, 0.3) is 0 Å². The number of likely N-dealkylation sites (tertiary alicyclic amines) is 1. The van der Waals surface area contributed by atoms with Crippen molar-refractivity contribution in [1.29, 1.82) is 0 Å². The van der Waals surface area contributed by atoms with Gasteiger partial charge in [0.25, 0.3) is 0 Å². The third kappa shape index (κ3) is 8.40. The molecule has 0 bridgehead atoms. The van der Waals surface area contributed by atoms with Crippen LogP contribution in [0.2, 0.25) is 0 Å². The Labute approximate surface area is 207 Å². The molecule has 1 unspecified atom stereocenters. The minimum absolute atomic E-state index is 0. The van der Waals surface area contributed by atoms with E-state index in [0.717, 1.165) is 38.4 Å². The van der Waals surface area contributed by atoms with Crippen LogP contribution in [0.5, 0.6) is 0 Å². The molecule has 1 aromatic heterocycles. The van der Waals surface area contributed by atoms with Crippen molar-refractivity contribution >= 4 is 47.2 Å². The quantitative estimate of drug-likeness (QED) is 0.281. The minimum Gasteiger partial charge on any atom is -0.356 e. The van der Waals surface area contributed by atoms with Gasteiger partial charge < -0.3 is 15.5 Å². The van der Waals surface area contributed by atoms with Crippen LogP contribution in [0.3, 0.4) is 0 Å². The predicted molar refractivity (Wildman–Crippen MR) is 139 cm³/mol. The van der Waals surface area contributed by atoms with Crippen molar-refractivity contribution in [3.8, 4) is 0 Å². The molecule has 1 saturated heterocycles. The Morgan fingerprint density at radius 3 is 2.77 bits per heavy atom. The smallest absolute Gasteiger partial charge is 0.223 e. The maximum absolute atomic E-state index is 12.4. The number of halogens is 1. The minimum atomic E-state index is 0. The van der Waals surface area contributed by atoms with E-state index < -0.39 is 0 Å². The van der Waals surface area contributed by atoms with Crippen molar-refractivity contribution in [2.75, 3.05) is 26.7 Å². The van der Waals surface area contributed by atoms with E-state index in [1.165, 1.54) is 15.4 Å². The molecule has 0 aliphatic carbocycles. The van der Waals surface area contributed by atoms with Gasteiger partial charge in [0.1, 0.15) is 0 Å². The summed E-state index contributed by atoms with van der Waals surface area (Å²) in [6, 6.07) is 10.3. The Hall–Kier alpha value is -1.68. The highest BCUT2D eigenvalue weighted by atomic mass is 127. The summed E-state index contributed by atoms with van der Waals surface area (Å²) in [4.78, 5) is 24.4. The van der Waals surface area contributed by atoms with E-state index in [1.54, 1.807) is 18.4 Å². The number of carbonyl (C=O) groups is 1. The zero-order valence-electron chi connectivity index (χ0n) is 18.6. The fraction of sp³-hybridized carbons (Fsp3) is 0.522. The number of benzene rings is 1. The molecule has 0 saturated carbocycles. The average Bonchev–Trinajstić information content (AvgIpc) is 3.32. The summed E-state index contributed by atoms with van der Waals surface area (Å²) in [7, 11) is 1.78. The molecule has 8 heteroatoms. The average molecular weight is 556 g/mol. The molecule has 1 amide bonds. The van der Waals surface area contributed by atoms with E-state index in [2.05, 4.69) is 46.6 Å². The van der Waals surface area contributed by atoms with E-state index in [0.29, 0.717) is 24.8 Å². The summed E-state index contributed by atoms with van der Waals surface area (Å²) in [6.07, 6.45) is 4.48. The van der Waals surface area contributed by atoms with Crippen molar-refractivity contribution in [2.45, 2.75) is 39.7 Å². The Morgan fingerprint density at radius 2 is 2.06 bits per heavy atom. The topological polar surface area (TPSA) is 69.6 Å². The lowest BCUT2D eigenvalue weighted by molar-refractivity contribution is -0.127. The number of rotatable bonds is 9. The Kier molecular flexibility index (Phi) is 10.7. The maximum atomic E-state index is 12.4. The molecule has 1 aliphatic heterocycles. The van der Waals surface area contributed by atoms with Crippen LogP contribution in [0, 0.1) is 11.8 Å². The van der Waals surface area contributed by atoms with Gasteiger partial charge in [-0.1, -0.05) is 44.2 Å². The number of amides is 1. The van der Waals surface area contributed by atoms with Gasteiger partial charge >= 0.3 is 0 Å². The first-order valence-corrected chi connectivity index (χ1v) is 11.5. The van der Waals surface area contributed by atoms with Gasteiger partial charge in [-0.2, -0.15) is 0 Å². The molecule has 3 rings (SSSR count). The molecular weight excluding hydrogens is 521 g/mol. The highest BCUT2D eigenvalue weighted by molar-refractivity contribution is 14.0. The van der Waals surface area contributed by atoms with E-state index >= 15 is 0 Å². The molecule has 0 radical (unpaired) electrons. The van der Waals surface area contributed by atoms with Gasteiger partial charge in [-0.25, -0.2) is 4.98 Å². The van der Waals surface area contributed by atoms with Crippen molar-refractivity contribution in [3.05, 3.63) is 52.0 Å². The maximum Gasteiger partial charge on any atom is 0.223 e. The fourth-order valence-electron chi connectivity index (χ4n) is 3.62. The van der Waals surface area contributed by atoms with Gasteiger partial charge in [0.2, 0.25) is 5.91 Å². The van der Waals surface area contributed by atoms with Crippen LogP contribution in [0.4, 0.5) is 0 Å². The molecule has 6 nitrogen and oxygen atoms in total. The Balaban J connectivity index is 0.00000341. The third-order valence-corrected chi connectivity index (χ3v) is 6.22. The fourth-order valence-corrected chi connectivity index (χ4v) is 4.70. The number of hydrogen-bond acceptors (Lipinski definition) is 4. The number of nitrogens with one attached hydrogen (secondary N) is 2. The summed E-state index contributed by atoms with van der Waals surface area (Å²) < 4.78 is 0. The lowest BCUT2D eigenvalue weighted by Gasteiger charge is -2.17. The summed E-state index contributed by atoms with van der Waals surface area (Å²) in [5, 5.41) is 7.92. The Bertz CT molecular complexity index is 840. The lowest BCUT2D eigenvalue weighted by atomic mass is 10.1. The number of guanidine groups is 1. The van der Waals surface area contributed by atoms with E-state index in [9.17, 15) is 4.79 Å². The van der Waals surface area contributed by atoms with Crippen LogP contribution in [-0.4, -0.2) is 48.4 Å². The van der Waals surface area contributed by atoms with Gasteiger partial charge in [-0.05, 0) is 17.9 Å². The van der Waals surface area contributed by atoms with Gasteiger partial charge in [-0.3, -0.25) is 9.79 Å². The summed E-state index contributed by atoms with van der Waals surface area (Å²) >= 11 is 1.75. The second kappa shape index (κ2) is 13.0. The monoisotopic (exact) mass is 555 g/mol. The molecule has 1 aliphatic rings. The summed E-state index contributed by atoms with van der Waals surface area (Å²) in [5.74, 6) is 1.95. The van der Waals surface area contributed by atoms with E-state index in [-0.39, 0.29) is 29.9 Å². The van der Waals surface area contributed by atoms with Crippen LogP contribution in [-0.2, 0) is 24.2 Å². The number of nitrogens with zero attached hydrogens (tertiary/aromatic N) is 3. The predicted octanol–water partition coefficient (Wildman–Crippen LogP) is 3.72. The SMILES string of the molecule is CN=C(NCc1cnc(CC(C)C)s1)NCC1CC(=O)N(CCc2ccccc2)C1.I. The summed E-state index contributed by atoms with van der Waals surface area (Å²) in [6.45, 7) is 7.47. The molecular formula is C23H34IN5OS. The second-order valence-corrected chi connectivity index (χ2v) is 9.47. The number of carbonyl (C=O) groups excluding carboxylic acids is 1. The van der Waals surface area contributed by atoms with Gasteiger partial charge in [0.05, 0.1) is 11.6 Å². The highest BCUT2D eigenvalue weighted by Gasteiger charge is 2.29. The van der Waals surface area contributed by atoms with Crippen molar-refractivity contribution in [1.82, 2.24) is 20.5 Å². The third-order valence-electron chi connectivity index (χ3n) is 5.20. The molecule has 2 N–H and O–H groups in total. The zero-order chi connectivity index (χ0) is 21.3. The highest BCUT2D eigenvalue weighted by Crippen LogP contribution is 2.18. The molecule has 1 atom stereocenters. The Morgan fingerprint density at radius 1 is 1.29 bits per heavy atom. The van der Waals surface area contributed by atoms with Gasteiger partial charge in [-0.15, -0.1) is 35.3 Å². The molecule has 0 spiro atoms. The molecule has 1 fully saturated rings. The number of aliphatic imine (C=N–C) groups is 1.